The molecule has 4 heteroatoms. The Balaban J connectivity index is 2.24. The first-order valence-corrected chi connectivity index (χ1v) is 5.24. The van der Waals surface area contributed by atoms with Crippen molar-refractivity contribution in [1.82, 2.24) is 4.98 Å². The fourth-order valence-corrected chi connectivity index (χ4v) is 1.45. The summed E-state index contributed by atoms with van der Waals surface area (Å²) >= 11 is 0. The highest BCUT2D eigenvalue weighted by Crippen LogP contribution is 2.28. The zero-order valence-corrected chi connectivity index (χ0v) is 9.81. The number of nitrogen functional groups attached to an aromatic ring is 1. The molecular formula is C13H14N2O2. The Kier molecular flexibility index (Phi) is 3.14. The number of ether oxygens (including phenoxy) is 2. The lowest BCUT2D eigenvalue weighted by molar-refractivity contribution is 0.409. The van der Waals surface area contributed by atoms with Crippen LogP contribution in [0.2, 0.25) is 0 Å². The molecule has 17 heavy (non-hydrogen) atoms. The minimum atomic E-state index is 0.553. The smallest absolute Gasteiger partial charge is 0.219 e. The lowest BCUT2D eigenvalue weighted by Gasteiger charge is -2.08. The van der Waals surface area contributed by atoms with Crippen LogP contribution in [0.5, 0.6) is 17.4 Å². The van der Waals surface area contributed by atoms with Crippen molar-refractivity contribution >= 4 is 5.69 Å². The first-order chi connectivity index (χ1) is 8.19. The van der Waals surface area contributed by atoms with Gasteiger partial charge in [-0.05, 0) is 25.1 Å². The summed E-state index contributed by atoms with van der Waals surface area (Å²) in [5.74, 6) is 1.79. The van der Waals surface area contributed by atoms with Crippen molar-refractivity contribution in [3.63, 3.8) is 0 Å². The zero-order chi connectivity index (χ0) is 12.3. The third-order valence-corrected chi connectivity index (χ3v) is 2.29. The third kappa shape index (κ3) is 2.66. The van der Waals surface area contributed by atoms with Crippen LogP contribution in [0.1, 0.15) is 5.69 Å². The fraction of sp³-hybridized carbons (Fsp3) is 0.154. The highest BCUT2D eigenvalue weighted by Gasteiger charge is 2.03. The van der Waals surface area contributed by atoms with E-state index in [1.54, 1.807) is 31.4 Å². The van der Waals surface area contributed by atoms with E-state index >= 15 is 0 Å². The molecule has 0 atom stereocenters. The van der Waals surface area contributed by atoms with Gasteiger partial charge in [0.2, 0.25) is 5.88 Å². The summed E-state index contributed by atoms with van der Waals surface area (Å²) in [6.45, 7) is 1.91. The predicted molar refractivity (Wildman–Crippen MR) is 66.5 cm³/mol. The predicted octanol–water partition coefficient (Wildman–Crippen LogP) is 2.77. The number of nitrogens with zero attached hydrogens (tertiary/aromatic N) is 1. The van der Waals surface area contributed by atoms with Gasteiger partial charge in [-0.1, -0.05) is 6.07 Å². The van der Waals surface area contributed by atoms with Crippen LogP contribution in [0, 0.1) is 6.92 Å². The Morgan fingerprint density at radius 3 is 2.71 bits per heavy atom. The monoisotopic (exact) mass is 230 g/mol. The van der Waals surface area contributed by atoms with Crippen molar-refractivity contribution in [2.24, 2.45) is 0 Å². The van der Waals surface area contributed by atoms with Crippen LogP contribution in [0.15, 0.2) is 36.4 Å². The number of hydrogen-bond acceptors (Lipinski definition) is 4. The Hall–Kier alpha value is -2.23. The number of rotatable bonds is 3. The van der Waals surface area contributed by atoms with Crippen LogP contribution in [-0.4, -0.2) is 12.1 Å². The molecule has 0 fully saturated rings. The third-order valence-electron chi connectivity index (χ3n) is 2.29. The summed E-state index contributed by atoms with van der Waals surface area (Å²) < 4.78 is 10.7. The molecule has 4 nitrogen and oxygen atoms in total. The van der Waals surface area contributed by atoms with Gasteiger partial charge in [-0.15, -0.1) is 0 Å². The molecule has 0 saturated carbocycles. The number of aromatic nitrogens is 1. The van der Waals surface area contributed by atoms with Crippen LogP contribution in [0.25, 0.3) is 0 Å². The number of benzene rings is 1. The molecule has 0 aliphatic carbocycles. The van der Waals surface area contributed by atoms with E-state index < -0.39 is 0 Å². The molecule has 0 amide bonds. The van der Waals surface area contributed by atoms with Gasteiger partial charge in [-0.2, -0.15) is 0 Å². The Bertz CT molecular complexity index is 527. The van der Waals surface area contributed by atoms with E-state index in [9.17, 15) is 0 Å². The van der Waals surface area contributed by atoms with E-state index in [-0.39, 0.29) is 0 Å². The summed E-state index contributed by atoms with van der Waals surface area (Å²) in [7, 11) is 1.57. The molecule has 0 bridgehead atoms. The molecular weight excluding hydrogens is 216 g/mol. The summed E-state index contributed by atoms with van der Waals surface area (Å²) in [6.07, 6.45) is 0. The van der Waals surface area contributed by atoms with E-state index in [1.165, 1.54) is 0 Å². The number of aryl methyl sites for hydroxylation is 1. The topological polar surface area (TPSA) is 57.4 Å². The van der Waals surface area contributed by atoms with Crippen LogP contribution in [0.3, 0.4) is 0 Å². The Morgan fingerprint density at radius 2 is 2.00 bits per heavy atom. The molecule has 0 radical (unpaired) electrons. The zero-order valence-electron chi connectivity index (χ0n) is 9.81. The minimum Gasteiger partial charge on any atom is -0.494 e. The molecule has 1 aromatic carbocycles. The number of hydrogen-bond donors (Lipinski definition) is 1. The molecule has 0 aliphatic heterocycles. The van der Waals surface area contributed by atoms with Crippen molar-refractivity contribution in [3.05, 3.63) is 42.1 Å². The van der Waals surface area contributed by atoms with Crippen molar-refractivity contribution in [3.8, 4) is 17.4 Å². The lowest BCUT2D eigenvalue weighted by atomic mass is 10.3. The van der Waals surface area contributed by atoms with E-state index in [0.717, 1.165) is 5.69 Å². The molecule has 88 valence electrons. The molecule has 1 heterocycles. The highest BCUT2D eigenvalue weighted by atomic mass is 16.5. The molecule has 0 aliphatic rings. The molecule has 2 N–H and O–H groups in total. The van der Waals surface area contributed by atoms with Gasteiger partial charge < -0.3 is 15.2 Å². The molecule has 0 spiro atoms. The van der Waals surface area contributed by atoms with Gasteiger partial charge in [-0.25, -0.2) is 4.98 Å². The van der Waals surface area contributed by atoms with Crippen LogP contribution in [0.4, 0.5) is 5.69 Å². The second-order valence-corrected chi connectivity index (χ2v) is 3.62. The maximum absolute atomic E-state index is 5.72. The first kappa shape index (κ1) is 11.3. The summed E-state index contributed by atoms with van der Waals surface area (Å²) in [6, 6.07) is 10.9. The molecule has 0 unspecified atom stereocenters. The summed E-state index contributed by atoms with van der Waals surface area (Å²) in [5, 5.41) is 0. The van der Waals surface area contributed by atoms with Crippen molar-refractivity contribution in [2.45, 2.75) is 6.92 Å². The maximum atomic E-state index is 5.72. The highest BCUT2D eigenvalue weighted by molar-refractivity contribution is 5.55. The number of methoxy groups -OCH3 is 1. The largest absolute Gasteiger partial charge is 0.494 e. The van der Waals surface area contributed by atoms with Crippen molar-refractivity contribution < 1.29 is 9.47 Å². The van der Waals surface area contributed by atoms with E-state index in [1.807, 2.05) is 19.1 Å². The van der Waals surface area contributed by atoms with Crippen LogP contribution < -0.4 is 15.2 Å². The van der Waals surface area contributed by atoms with Crippen LogP contribution in [-0.2, 0) is 0 Å². The van der Waals surface area contributed by atoms with Gasteiger partial charge >= 0.3 is 0 Å². The minimum absolute atomic E-state index is 0.553. The molecule has 2 rings (SSSR count). The van der Waals surface area contributed by atoms with Gasteiger partial charge in [0.25, 0.3) is 0 Å². The molecule has 0 saturated heterocycles. The maximum Gasteiger partial charge on any atom is 0.219 e. The Labute approximate surface area is 100 Å². The van der Waals surface area contributed by atoms with E-state index in [2.05, 4.69) is 4.98 Å². The Morgan fingerprint density at radius 1 is 1.18 bits per heavy atom. The van der Waals surface area contributed by atoms with E-state index in [0.29, 0.717) is 23.1 Å². The normalized spacial score (nSPS) is 10.0. The van der Waals surface area contributed by atoms with Gasteiger partial charge in [0, 0.05) is 17.8 Å². The number of pyridine rings is 1. The first-order valence-electron chi connectivity index (χ1n) is 5.24. The van der Waals surface area contributed by atoms with Crippen LogP contribution >= 0.6 is 0 Å². The summed E-state index contributed by atoms with van der Waals surface area (Å²) in [4.78, 5) is 4.25. The second kappa shape index (κ2) is 4.74. The SMILES string of the molecule is COc1cc(Oc2cccc(C)n2)ccc1N. The van der Waals surface area contributed by atoms with Crippen molar-refractivity contribution in [1.29, 1.82) is 0 Å². The van der Waals surface area contributed by atoms with Gasteiger partial charge in [0.15, 0.2) is 0 Å². The molecule has 2 aromatic rings. The average molecular weight is 230 g/mol. The standard InChI is InChI=1S/C13H14N2O2/c1-9-4-3-5-13(15-9)17-10-6-7-11(14)12(8-10)16-2/h3-8H,14H2,1-2H3. The second-order valence-electron chi connectivity index (χ2n) is 3.62. The summed E-state index contributed by atoms with van der Waals surface area (Å²) in [5.41, 5.74) is 7.21. The van der Waals surface area contributed by atoms with Crippen molar-refractivity contribution in [2.75, 3.05) is 12.8 Å². The van der Waals surface area contributed by atoms with E-state index in [4.69, 9.17) is 15.2 Å². The van der Waals surface area contributed by atoms with Gasteiger partial charge in [-0.3, -0.25) is 0 Å². The lowest BCUT2D eigenvalue weighted by Crippen LogP contribution is -1.94. The molecule has 1 aromatic heterocycles. The quantitative estimate of drug-likeness (QED) is 0.824. The number of anilines is 1. The van der Waals surface area contributed by atoms with Gasteiger partial charge in [0.05, 0.1) is 12.8 Å². The number of nitrogens with two attached hydrogens (primary N) is 1. The average Bonchev–Trinajstić information content (AvgIpc) is 2.32. The fourth-order valence-electron chi connectivity index (χ4n) is 1.45. The van der Waals surface area contributed by atoms with Gasteiger partial charge in [0.1, 0.15) is 11.5 Å².